The van der Waals surface area contributed by atoms with Gasteiger partial charge in [0, 0.05) is 13.0 Å². The van der Waals surface area contributed by atoms with Crippen LogP contribution in [0.25, 0.3) is 11.0 Å². The molecule has 1 aromatic heterocycles. The van der Waals surface area contributed by atoms with Gasteiger partial charge in [-0.2, -0.15) is 0 Å². The minimum Gasteiger partial charge on any atom is -0.330 e. The Kier molecular flexibility index (Phi) is 5.60. The molecule has 1 aromatic carbocycles. The summed E-state index contributed by atoms with van der Waals surface area (Å²) < 4.78 is 2.40. The summed E-state index contributed by atoms with van der Waals surface area (Å²) in [5.74, 6) is 1.20. The van der Waals surface area contributed by atoms with Gasteiger partial charge in [-0.3, -0.25) is 0 Å². The van der Waals surface area contributed by atoms with Crippen LogP contribution >= 0.6 is 0 Å². The van der Waals surface area contributed by atoms with Crippen LogP contribution in [0, 0.1) is 6.92 Å². The summed E-state index contributed by atoms with van der Waals surface area (Å²) in [6, 6.07) is 6.58. The normalized spacial score (nSPS) is 11.3. The number of rotatable bonds is 8. The van der Waals surface area contributed by atoms with Gasteiger partial charge in [-0.25, -0.2) is 4.98 Å². The number of hydrogen-bond acceptors (Lipinski definition) is 2. The molecule has 2 rings (SSSR count). The average Bonchev–Trinajstić information content (AvgIpc) is 2.78. The molecule has 0 radical (unpaired) electrons. The van der Waals surface area contributed by atoms with Crippen LogP contribution in [0.4, 0.5) is 0 Å². The highest BCUT2D eigenvalue weighted by Gasteiger charge is 2.10. The molecule has 2 N–H and O–H groups in total. The Bertz CT molecular complexity index is 542. The molecule has 0 aliphatic heterocycles. The van der Waals surface area contributed by atoms with Crippen LogP contribution in [0.2, 0.25) is 0 Å². The van der Waals surface area contributed by atoms with Crippen LogP contribution in [0.1, 0.15) is 50.4 Å². The number of imidazole rings is 1. The molecule has 0 saturated carbocycles. The Morgan fingerprint density at radius 3 is 2.75 bits per heavy atom. The number of nitrogens with two attached hydrogens (primary N) is 1. The van der Waals surface area contributed by atoms with Crippen LogP contribution < -0.4 is 5.73 Å². The van der Waals surface area contributed by atoms with Crippen molar-refractivity contribution in [2.24, 2.45) is 5.73 Å². The molecule has 0 aliphatic carbocycles. The van der Waals surface area contributed by atoms with E-state index in [0.29, 0.717) is 0 Å². The van der Waals surface area contributed by atoms with E-state index in [-0.39, 0.29) is 0 Å². The van der Waals surface area contributed by atoms with E-state index in [2.05, 4.69) is 36.6 Å². The molecule has 0 unspecified atom stereocenters. The van der Waals surface area contributed by atoms with E-state index in [1.165, 1.54) is 42.6 Å². The summed E-state index contributed by atoms with van der Waals surface area (Å²) in [7, 11) is 0. The topological polar surface area (TPSA) is 43.8 Å². The first kappa shape index (κ1) is 15.0. The van der Waals surface area contributed by atoms with Crippen molar-refractivity contribution in [2.45, 2.75) is 58.9 Å². The summed E-state index contributed by atoms with van der Waals surface area (Å²) in [6.45, 7) is 6.19. The third-order valence-electron chi connectivity index (χ3n) is 3.82. The van der Waals surface area contributed by atoms with Gasteiger partial charge in [0.15, 0.2) is 0 Å². The van der Waals surface area contributed by atoms with Crippen molar-refractivity contribution in [3.63, 3.8) is 0 Å². The van der Waals surface area contributed by atoms with Gasteiger partial charge in [0.1, 0.15) is 5.82 Å². The standard InChI is InChI=1S/C17H27N3/c1-3-4-5-6-12-20-16-10-9-14(2)13-15(16)19-17(20)8-7-11-18/h9-10,13H,3-8,11-12,18H2,1-2H3. The Morgan fingerprint density at radius 2 is 2.00 bits per heavy atom. The Morgan fingerprint density at radius 1 is 1.15 bits per heavy atom. The quantitative estimate of drug-likeness (QED) is 0.743. The molecule has 0 aliphatic rings. The van der Waals surface area contributed by atoms with E-state index in [0.717, 1.165) is 31.4 Å². The number of nitrogens with zero attached hydrogens (tertiary/aromatic N) is 2. The molecule has 110 valence electrons. The molecule has 0 amide bonds. The zero-order valence-electron chi connectivity index (χ0n) is 12.9. The van der Waals surface area contributed by atoms with Gasteiger partial charge in [0.05, 0.1) is 11.0 Å². The van der Waals surface area contributed by atoms with Crippen LogP contribution in [0.5, 0.6) is 0 Å². The zero-order chi connectivity index (χ0) is 14.4. The minimum atomic E-state index is 0.734. The lowest BCUT2D eigenvalue weighted by atomic mass is 10.2. The molecule has 1 heterocycles. The van der Waals surface area contributed by atoms with Crippen molar-refractivity contribution in [3.8, 4) is 0 Å². The number of fused-ring (bicyclic) bond motifs is 1. The maximum Gasteiger partial charge on any atom is 0.109 e. The largest absolute Gasteiger partial charge is 0.330 e. The second-order valence-corrected chi connectivity index (χ2v) is 5.62. The third-order valence-corrected chi connectivity index (χ3v) is 3.82. The third kappa shape index (κ3) is 3.60. The first-order valence-electron chi connectivity index (χ1n) is 7.92. The van der Waals surface area contributed by atoms with E-state index in [4.69, 9.17) is 10.7 Å². The first-order chi connectivity index (χ1) is 9.76. The highest BCUT2D eigenvalue weighted by Crippen LogP contribution is 2.20. The molecule has 0 saturated heterocycles. The van der Waals surface area contributed by atoms with Crippen molar-refractivity contribution < 1.29 is 0 Å². The molecule has 0 fully saturated rings. The maximum absolute atomic E-state index is 5.65. The number of aromatic nitrogens is 2. The van der Waals surface area contributed by atoms with Gasteiger partial charge in [-0.1, -0.05) is 32.3 Å². The van der Waals surface area contributed by atoms with Crippen molar-refractivity contribution >= 4 is 11.0 Å². The minimum absolute atomic E-state index is 0.734. The Balaban J connectivity index is 2.22. The average molecular weight is 273 g/mol. The van der Waals surface area contributed by atoms with Gasteiger partial charge in [-0.05, 0) is 44.0 Å². The van der Waals surface area contributed by atoms with Gasteiger partial charge < -0.3 is 10.3 Å². The highest BCUT2D eigenvalue weighted by atomic mass is 15.1. The Hall–Kier alpha value is -1.35. The van der Waals surface area contributed by atoms with Crippen LogP contribution in [0.3, 0.4) is 0 Å². The van der Waals surface area contributed by atoms with Crippen molar-refractivity contribution in [1.82, 2.24) is 9.55 Å². The van der Waals surface area contributed by atoms with Crippen LogP contribution in [0.15, 0.2) is 18.2 Å². The number of aryl methyl sites for hydroxylation is 3. The van der Waals surface area contributed by atoms with Gasteiger partial charge in [0.2, 0.25) is 0 Å². The van der Waals surface area contributed by atoms with Gasteiger partial charge in [0.25, 0.3) is 0 Å². The van der Waals surface area contributed by atoms with Gasteiger partial charge >= 0.3 is 0 Å². The second-order valence-electron chi connectivity index (χ2n) is 5.62. The molecular weight excluding hydrogens is 246 g/mol. The molecule has 3 heteroatoms. The lowest BCUT2D eigenvalue weighted by Crippen LogP contribution is -2.07. The van der Waals surface area contributed by atoms with Crippen molar-refractivity contribution in [3.05, 3.63) is 29.6 Å². The second kappa shape index (κ2) is 7.44. The van der Waals surface area contributed by atoms with Gasteiger partial charge in [-0.15, -0.1) is 0 Å². The fraction of sp³-hybridized carbons (Fsp3) is 0.588. The molecular formula is C17H27N3. The van der Waals surface area contributed by atoms with E-state index < -0.39 is 0 Å². The van der Waals surface area contributed by atoms with Crippen LogP contribution in [-0.2, 0) is 13.0 Å². The monoisotopic (exact) mass is 273 g/mol. The predicted molar refractivity (Wildman–Crippen MR) is 86.0 cm³/mol. The van der Waals surface area contributed by atoms with E-state index in [1.54, 1.807) is 0 Å². The summed E-state index contributed by atoms with van der Waals surface area (Å²) >= 11 is 0. The summed E-state index contributed by atoms with van der Waals surface area (Å²) in [6.07, 6.45) is 7.14. The molecule has 2 aromatic rings. The fourth-order valence-electron chi connectivity index (χ4n) is 2.69. The molecule has 0 atom stereocenters. The molecule has 0 spiro atoms. The molecule has 3 nitrogen and oxygen atoms in total. The van der Waals surface area contributed by atoms with E-state index in [1.807, 2.05) is 0 Å². The lowest BCUT2D eigenvalue weighted by molar-refractivity contribution is 0.570. The van der Waals surface area contributed by atoms with Crippen molar-refractivity contribution in [2.75, 3.05) is 6.54 Å². The predicted octanol–water partition coefficient (Wildman–Crippen LogP) is 3.82. The molecule has 20 heavy (non-hydrogen) atoms. The molecule has 0 bridgehead atoms. The summed E-state index contributed by atoms with van der Waals surface area (Å²) in [5, 5.41) is 0. The highest BCUT2D eigenvalue weighted by molar-refractivity contribution is 5.76. The first-order valence-corrected chi connectivity index (χ1v) is 7.92. The zero-order valence-corrected chi connectivity index (χ0v) is 12.9. The number of unbranched alkanes of at least 4 members (excludes halogenated alkanes) is 3. The summed E-state index contributed by atoms with van der Waals surface area (Å²) in [4.78, 5) is 4.82. The lowest BCUT2D eigenvalue weighted by Gasteiger charge is -2.09. The number of benzene rings is 1. The fourth-order valence-corrected chi connectivity index (χ4v) is 2.69. The maximum atomic E-state index is 5.65. The SMILES string of the molecule is CCCCCCn1c(CCCN)nc2cc(C)ccc21. The Labute approximate surface area is 122 Å². The summed E-state index contributed by atoms with van der Waals surface area (Å²) in [5.41, 5.74) is 9.33. The van der Waals surface area contributed by atoms with E-state index >= 15 is 0 Å². The smallest absolute Gasteiger partial charge is 0.109 e. The van der Waals surface area contributed by atoms with E-state index in [9.17, 15) is 0 Å². The van der Waals surface area contributed by atoms with Crippen LogP contribution in [-0.4, -0.2) is 16.1 Å². The number of hydrogen-bond donors (Lipinski definition) is 1. The van der Waals surface area contributed by atoms with Crippen molar-refractivity contribution in [1.29, 1.82) is 0 Å².